The normalized spacial score (nSPS) is 28.1. The zero-order chi connectivity index (χ0) is 18.4. The number of piperidine rings is 1. The highest BCUT2D eigenvalue weighted by molar-refractivity contribution is 5.88. The van der Waals surface area contributed by atoms with Crippen LogP contribution in [-0.4, -0.2) is 45.0 Å². The van der Waals surface area contributed by atoms with Gasteiger partial charge in [-0.15, -0.1) is 0 Å². The molecule has 4 aliphatic rings. The smallest absolute Gasteiger partial charge is 0.307 e. The molecular weight excluding hydrogens is 342 g/mol. The molecule has 1 aromatic heterocycles. The van der Waals surface area contributed by atoms with E-state index in [0.29, 0.717) is 5.92 Å². The van der Waals surface area contributed by atoms with Crippen molar-refractivity contribution in [3.05, 3.63) is 18.2 Å². The van der Waals surface area contributed by atoms with Crippen molar-refractivity contribution in [1.29, 1.82) is 0 Å². The largest absolute Gasteiger partial charge is 0.458 e. The van der Waals surface area contributed by atoms with Crippen molar-refractivity contribution in [3.63, 3.8) is 0 Å². The van der Waals surface area contributed by atoms with Crippen LogP contribution in [0.5, 0.6) is 0 Å². The molecule has 0 aromatic carbocycles. The predicted octanol–water partition coefficient (Wildman–Crippen LogP) is 2.88. The van der Waals surface area contributed by atoms with Gasteiger partial charge in [0.25, 0.3) is 0 Å². The summed E-state index contributed by atoms with van der Waals surface area (Å²) in [6.07, 6.45) is 12.7. The highest BCUT2D eigenvalue weighted by Gasteiger charge is 2.55. The number of amides is 1. The Morgan fingerprint density at radius 3 is 2.63 bits per heavy atom. The molecule has 6 nitrogen and oxygen atoms in total. The van der Waals surface area contributed by atoms with Gasteiger partial charge >= 0.3 is 5.97 Å². The molecule has 4 fully saturated rings. The summed E-state index contributed by atoms with van der Waals surface area (Å²) in [5, 5.41) is 0. The highest BCUT2D eigenvalue weighted by Crippen LogP contribution is 2.46. The second kappa shape index (κ2) is 6.64. The molecule has 3 heterocycles. The molecule has 0 bridgehead atoms. The summed E-state index contributed by atoms with van der Waals surface area (Å²) in [6, 6.07) is 0. The number of hydrogen-bond donors (Lipinski definition) is 0. The lowest BCUT2D eigenvalue weighted by Crippen LogP contribution is -2.47. The lowest BCUT2D eigenvalue weighted by molar-refractivity contribution is -0.152. The zero-order valence-electron chi connectivity index (χ0n) is 15.9. The quantitative estimate of drug-likeness (QED) is 0.764. The van der Waals surface area contributed by atoms with Crippen LogP contribution < -0.4 is 0 Å². The van der Waals surface area contributed by atoms with Crippen LogP contribution in [0.1, 0.15) is 69.5 Å². The molecular formula is C21H29N3O3. The first-order valence-corrected chi connectivity index (χ1v) is 10.7. The summed E-state index contributed by atoms with van der Waals surface area (Å²) in [5.41, 5.74) is -0.495. The lowest BCUT2D eigenvalue weighted by Gasteiger charge is -2.36. The second-order valence-electron chi connectivity index (χ2n) is 8.98. The third kappa shape index (κ3) is 3.17. The van der Waals surface area contributed by atoms with Crippen LogP contribution in [0.4, 0.5) is 0 Å². The van der Waals surface area contributed by atoms with Gasteiger partial charge in [0.05, 0.1) is 12.3 Å². The van der Waals surface area contributed by atoms with Crippen LogP contribution >= 0.6 is 0 Å². The Morgan fingerprint density at radius 2 is 1.93 bits per heavy atom. The molecule has 5 rings (SSSR count). The third-order valence-corrected chi connectivity index (χ3v) is 7.14. The maximum absolute atomic E-state index is 13.2. The molecule has 1 aromatic rings. The monoisotopic (exact) mass is 371 g/mol. The van der Waals surface area contributed by atoms with Crippen LogP contribution in [0.3, 0.4) is 0 Å². The fourth-order valence-corrected chi connectivity index (χ4v) is 5.42. The summed E-state index contributed by atoms with van der Waals surface area (Å²) in [7, 11) is 0. The van der Waals surface area contributed by atoms with Gasteiger partial charge in [0.1, 0.15) is 11.4 Å². The van der Waals surface area contributed by atoms with Crippen LogP contribution in [0.15, 0.2) is 12.4 Å². The summed E-state index contributed by atoms with van der Waals surface area (Å²) in [4.78, 5) is 31.7. The minimum atomic E-state index is -0.495. The Bertz CT molecular complexity index is 725. The van der Waals surface area contributed by atoms with Crippen molar-refractivity contribution in [2.75, 3.05) is 13.1 Å². The van der Waals surface area contributed by atoms with E-state index in [-0.39, 0.29) is 24.2 Å². The van der Waals surface area contributed by atoms with E-state index in [4.69, 9.17) is 4.74 Å². The molecule has 2 aliphatic carbocycles. The van der Waals surface area contributed by atoms with Crippen molar-refractivity contribution >= 4 is 11.9 Å². The number of carbonyl (C=O) groups excluding carboxylic acids is 2. The molecule has 1 amide bonds. The number of likely N-dealkylation sites (tertiary alicyclic amines) is 1. The molecule has 0 radical (unpaired) electrons. The van der Waals surface area contributed by atoms with Gasteiger partial charge in [-0.2, -0.15) is 0 Å². The van der Waals surface area contributed by atoms with E-state index in [1.54, 1.807) is 0 Å². The Morgan fingerprint density at radius 1 is 1.19 bits per heavy atom. The lowest BCUT2D eigenvalue weighted by atomic mass is 9.84. The molecule has 1 spiro atoms. The van der Waals surface area contributed by atoms with Gasteiger partial charge in [-0.25, -0.2) is 4.98 Å². The van der Waals surface area contributed by atoms with Gasteiger partial charge in [0.2, 0.25) is 5.91 Å². The molecule has 1 atom stereocenters. The number of rotatable bonds is 4. The molecule has 2 saturated heterocycles. The highest BCUT2D eigenvalue weighted by atomic mass is 16.6. The average Bonchev–Trinajstić information content (AvgIpc) is 3.06. The van der Waals surface area contributed by atoms with E-state index in [2.05, 4.69) is 15.7 Å². The Hall–Kier alpha value is -1.85. The Labute approximate surface area is 160 Å². The maximum Gasteiger partial charge on any atom is 0.307 e. The number of ether oxygens (including phenoxy) is 1. The van der Waals surface area contributed by atoms with Gasteiger partial charge in [-0.3, -0.25) is 9.59 Å². The van der Waals surface area contributed by atoms with E-state index in [9.17, 15) is 9.59 Å². The SMILES string of the molecule is O=C1CC(C(=O)N2CCC(c3nccn3CC3CC3)CC2)C2(CCCC2)O1. The summed E-state index contributed by atoms with van der Waals surface area (Å²) >= 11 is 0. The molecule has 2 saturated carbocycles. The third-order valence-electron chi connectivity index (χ3n) is 7.14. The molecule has 1 unspecified atom stereocenters. The second-order valence-corrected chi connectivity index (χ2v) is 8.98. The topological polar surface area (TPSA) is 64.4 Å². The van der Waals surface area contributed by atoms with Crippen LogP contribution in [0, 0.1) is 11.8 Å². The Balaban J connectivity index is 1.23. The molecule has 146 valence electrons. The fourth-order valence-electron chi connectivity index (χ4n) is 5.42. The summed E-state index contributed by atoms with van der Waals surface area (Å²) in [6.45, 7) is 2.62. The van der Waals surface area contributed by atoms with Gasteiger partial charge in [0, 0.05) is 37.9 Å². The van der Waals surface area contributed by atoms with E-state index < -0.39 is 5.60 Å². The molecule has 0 N–H and O–H groups in total. The molecule has 2 aliphatic heterocycles. The first kappa shape index (κ1) is 17.3. The van der Waals surface area contributed by atoms with Crippen LogP contribution in [-0.2, 0) is 20.9 Å². The van der Waals surface area contributed by atoms with Gasteiger partial charge < -0.3 is 14.2 Å². The molecule has 27 heavy (non-hydrogen) atoms. The average molecular weight is 371 g/mol. The predicted molar refractivity (Wildman–Crippen MR) is 98.9 cm³/mol. The summed E-state index contributed by atoms with van der Waals surface area (Å²) < 4.78 is 8.00. The van der Waals surface area contributed by atoms with E-state index in [1.165, 1.54) is 18.7 Å². The van der Waals surface area contributed by atoms with E-state index in [0.717, 1.165) is 64.1 Å². The number of hydrogen-bond acceptors (Lipinski definition) is 4. The minimum Gasteiger partial charge on any atom is -0.458 e. The maximum atomic E-state index is 13.2. The van der Waals surface area contributed by atoms with Crippen LogP contribution in [0.25, 0.3) is 0 Å². The van der Waals surface area contributed by atoms with Crippen LogP contribution in [0.2, 0.25) is 0 Å². The number of aromatic nitrogens is 2. The van der Waals surface area contributed by atoms with Crippen molar-refractivity contribution in [2.24, 2.45) is 11.8 Å². The van der Waals surface area contributed by atoms with Crippen molar-refractivity contribution in [1.82, 2.24) is 14.5 Å². The minimum absolute atomic E-state index is 0.141. The van der Waals surface area contributed by atoms with E-state index in [1.807, 2.05) is 11.1 Å². The van der Waals surface area contributed by atoms with Crippen molar-refractivity contribution < 1.29 is 14.3 Å². The number of nitrogens with zero attached hydrogens (tertiary/aromatic N) is 3. The van der Waals surface area contributed by atoms with E-state index >= 15 is 0 Å². The number of carbonyl (C=O) groups is 2. The molecule has 6 heteroatoms. The number of esters is 1. The first-order chi connectivity index (χ1) is 13.1. The summed E-state index contributed by atoms with van der Waals surface area (Å²) in [5.74, 6) is 2.16. The number of imidazole rings is 1. The fraction of sp³-hybridized carbons (Fsp3) is 0.762. The van der Waals surface area contributed by atoms with Gasteiger partial charge in [0.15, 0.2) is 0 Å². The van der Waals surface area contributed by atoms with Gasteiger partial charge in [-0.1, -0.05) is 0 Å². The first-order valence-electron chi connectivity index (χ1n) is 10.7. The standard InChI is InChI=1S/C21H29N3O3/c25-18-13-17(21(27-18)7-1-2-8-21)20(26)23-10-5-16(6-11-23)19-22-9-12-24(19)14-15-3-4-15/h9,12,15-17H,1-8,10-11,13-14H2. The zero-order valence-corrected chi connectivity index (χ0v) is 15.9. The van der Waals surface area contributed by atoms with Gasteiger partial charge in [-0.05, 0) is 57.3 Å². The van der Waals surface area contributed by atoms with Crippen molar-refractivity contribution in [3.8, 4) is 0 Å². The van der Waals surface area contributed by atoms with Crippen molar-refractivity contribution in [2.45, 2.75) is 75.9 Å². The Kier molecular flexibility index (Phi) is 4.25.